The minimum atomic E-state index is -0.496. The van der Waals surface area contributed by atoms with Gasteiger partial charge in [-0.15, -0.1) is 0 Å². The highest BCUT2D eigenvalue weighted by atomic mass is 16.6. The average molecular weight is 529 g/mol. The van der Waals surface area contributed by atoms with E-state index >= 15 is 0 Å². The smallest absolute Gasteiger partial charge is 0.338 e. The van der Waals surface area contributed by atoms with E-state index < -0.39 is 11.9 Å². The Hall–Kier alpha value is -2.83. The Morgan fingerprint density at radius 2 is 1.47 bits per heavy atom. The van der Waals surface area contributed by atoms with Crippen molar-refractivity contribution in [1.82, 2.24) is 0 Å². The molecule has 0 amide bonds. The third-order valence-corrected chi connectivity index (χ3v) is 8.29. The zero-order chi connectivity index (χ0) is 27.3. The summed E-state index contributed by atoms with van der Waals surface area (Å²) in [4.78, 5) is 36.1. The van der Waals surface area contributed by atoms with Gasteiger partial charge in [-0.1, -0.05) is 32.8 Å². The minimum absolute atomic E-state index is 0.200. The van der Waals surface area contributed by atoms with Crippen LogP contribution in [0.5, 0.6) is 11.5 Å². The Morgan fingerprint density at radius 1 is 0.868 bits per heavy atom. The molecule has 3 rings (SSSR count). The summed E-state index contributed by atoms with van der Waals surface area (Å²) in [5, 5.41) is 0. The van der Waals surface area contributed by atoms with Crippen molar-refractivity contribution in [3.63, 3.8) is 0 Å². The SMILES string of the molecule is C=CC(=O)OCCCCOC(=O)c1ccc(OC(=O)CC2CCC(C3CCC(CC)CC3)CC2)c(OC)c1. The van der Waals surface area contributed by atoms with Gasteiger partial charge in [0.15, 0.2) is 11.5 Å². The fraction of sp³-hybridized carbons (Fsp3) is 0.645. The molecule has 38 heavy (non-hydrogen) atoms. The van der Waals surface area contributed by atoms with E-state index in [-0.39, 0.29) is 19.2 Å². The maximum Gasteiger partial charge on any atom is 0.338 e. The third-order valence-electron chi connectivity index (χ3n) is 8.29. The van der Waals surface area contributed by atoms with Crippen LogP contribution in [0.1, 0.15) is 94.3 Å². The highest BCUT2D eigenvalue weighted by molar-refractivity contribution is 5.90. The number of hydrogen-bond donors (Lipinski definition) is 0. The van der Waals surface area contributed by atoms with Crippen molar-refractivity contribution < 1.29 is 33.3 Å². The van der Waals surface area contributed by atoms with Gasteiger partial charge in [-0.25, -0.2) is 9.59 Å². The second kappa shape index (κ2) is 15.6. The quantitative estimate of drug-likeness (QED) is 0.122. The normalized spacial score (nSPS) is 23.2. The van der Waals surface area contributed by atoms with E-state index in [0.29, 0.717) is 42.2 Å². The summed E-state index contributed by atoms with van der Waals surface area (Å²) in [6.45, 7) is 6.09. The molecule has 0 N–H and O–H groups in total. The Kier molecular flexibility index (Phi) is 12.2. The third kappa shape index (κ3) is 9.17. The van der Waals surface area contributed by atoms with Crippen molar-refractivity contribution in [3.8, 4) is 11.5 Å². The molecule has 0 aliphatic heterocycles. The summed E-state index contributed by atoms with van der Waals surface area (Å²) in [5.41, 5.74) is 0.311. The summed E-state index contributed by atoms with van der Waals surface area (Å²) in [7, 11) is 1.47. The van der Waals surface area contributed by atoms with Gasteiger partial charge in [0.2, 0.25) is 0 Å². The number of ether oxygens (including phenoxy) is 4. The number of hydrogen-bond acceptors (Lipinski definition) is 7. The van der Waals surface area contributed by atoms with Crippen LogP contribution in [0.3, 0.4) is 0 Å². The van der Waals surface area contributed by atoms with E-state index in [1.807, 2.05) is 0 Å². The van der Waals surface area contributed by atoms with E-state index in [9.17, 15) is 14.4 Å². The molecule has 2 aliphatic rings. The van der Waals surface area contributed by atoms with E-state index in [0.717, 1.165) is 36.7 Å². The number of carbonyl (C=O) groups excluding carboxylic acids is 3. The number of carbonyl (C=O) groups is 3. The lowest BCUT2D eigenvalue weighted by molar-refractivity contribution is -0.138. The Labute approximate surface area is 227 Å². The van der Waals surface area contributed by atoms with Crippen LogP contribution in [0.25, 0.3) is 0 Å². The molecule has 0 unspecified atom stereocenters. The highest BCUT2D eigenvalue weighted by Gasteiger charge is 2.31. The first-order valence-corrected chi connectivity index (χ1v) is 14.3. The lowest BCUT2D eigenvalue weighted by atomic mass is 9.68. The second-order valence-corrected chi connectivity index (χ2v) is 10.7. The van der Waals surface area contributed by atoms with Crippen LogP contribution in [0.15, 0.2) is 30.9 Å². The standard InChI is InChI=1S/C31H44O7/c1-4-22-8-12-24(13-9-22)25-14-10-23(11-15-25)20-30(33)38-27-17-16-26(21-28(27)35-3)31(34)37-19-7-6-18-36-29(32)5-2/h5,16-17,21-25H,2,4,6-15,18-20H2,1,3H3. The molecular formula is C31H44O7. The zero-order valence-electron chi connectivity index (χ0n) is 23.1. The molecule has 7 nitrogen and oxygen atoms in total. The van der Waals surface area contributed by atoms with Crippen molar-refractivity contribution in [2.24, 2.45) is 23.7 Å². The first-order valence-electron chi connectivity index (χ1n) is 14.3. The molecule has 1 aromatic rings. The molecular weight excluding hydrogens is 484 g/mol. The summed E-state index contributed by atoms with van der Waals surface area (Å²) in [6.07, 6.45) is 14.1. The minimum Gasteiger partial charge on any atom is -0.493 e. The fourth-order valence-electron chi connectivity index (χ4n) is 5.89. The highest BCUT2D eigenvalue weighted by Crippen LogP contribution is 2.42. The van der Waals surface area contributed by atoms with Crippen LogP contribution < -0.4 is 9.47 Å². The first kappa shape index (κ1) is 29.7. The molecule has 0 saturated heterocycles. The predicted molar refractivity (Wildman–Crippen MR) is 145 cm³/mol. The molecule has 0 aromatic heterocycles. The summed E-state index contributed by atoms with van der Waals surface area (Å²) < 4.78 is 21.2. The molecule has 2 aliphatic carbocycles. The van der Waals surface area contributed by atoms with Crippen LogP contribution in [0, 0.1) is 23.7 Å². The van der Waals surface area contributed by atoms with Crippen LogP contribution in [-0.4, -0.2) is 38.2 Å². The van der Waals surface area contributed by atoms with Crippen molar-refractivity contribution >= 4 is 17.9 Å². The molecule has 2 fully saturated rings. The molecule has 210 valence electrons. The lowest BCUT2D eigenvalue weighted by Crippen LogP contribution is -2.27. The molecule has 0 radical (unpaired) electrons. The van der Waals surface area contributed by atoms with Crippen molar-refractivity contribution in [2.45, 2.75) is 84.0 Å². The van der Waals surface area contributed by atoms with Crippen molar-refractivity contribution in [3.05, 3.63) is 36.4 Å². The van der Waals surface area contributed by atoms with Gasteiger partial charge in [0.25, 0.3) is 0 Å². The van der Waals surface area contributed by atoms with Crippen molar-refractivity contribution in [1.29, 1.82) is 0 Å². The molecule has 0 heterocycles. The number of unbranched alkanes of at least 4 members (excludes halogenated alkanes) is 1. The van der Waals surface area contributed by atoms with E-state index in [4.69, 9.17) is 18.9 Å². The zero-order valence-corrected chi connectivity index (χ0v) is 23.1. The molecule has 0 atom stereocenters. The largest absolute Gasteiger partial charge is 0.493 e. The number of esters is 3. The topological polar surface area (TPSA) is 88.1 Å². The van der Waals surface area contributed by atoms with Crippen LogP contribution in [0.2, 0.25) is 0 Å². The maximum absolute atomic E-state index is 12.7. The Balaban J connectivity index is 1.39. The molecule has 0 spiro atoms. The van der Waals surface area contributed by atoms with Gasteiger partial charge in [-0.3, -0.25) is 4.79 Å². The van der Waals surface area contributed by atoms with Crippen LogP contribution in [-0.2, 0) is 19.1 Å². The number of rotatable bonds is 13. The van der Waals surface area contributed by atoms with Crippen LogP contribution in [0.4, 0.5) is 0 Å². The summed E-state index contributed by atoms with van der Waals surface area (Å²) in [6, 6.07) is 4.67. The molecule has 7 heteroatoms. The monoisotopic (exact) mass is 528 g/mol. The predicted octanol–water partition coefficient (Wildman–Crippen LogP) is 6.68. The number of methoxy groups -OCH3 is 1. The molecule has 0 bridgehead atoms. The van der Waals surface area contributed by atoms with Gasteiger partial charge in [0, 0.05) is 12.5 Å². The fourth-order valence-corrected chi connectivity index (χ4v) is 5.89. The average Bonchev–Trinajstić information content (AvgIpc) is 2.95. The van der Waals surface area contributed by atoms with Crippen molar-refractivity contribution in [2.75, 3.05) is 20.3 Å². The van der Waals surface area contributed by atoms with E-state index in [1.54, 1.807) is 12.1 Å². The van der Waals surface area contributed by atoms with E-state index in [1.165, 1.54) is 58.1 Å². The summed E-state index contributed by atoms with van der Waals surface area (Å²) in [5.74, 6) is 2.39. The van der Waals surface area contributed by atoms with Gasteiger partial charge < -0.3 is 18.9 Å². The van der Waals surface area contributed by atoms with Gasteiger partial charge >= 0.3 is 17.9 Å². The second-order valence-electron chi connectivity index (χ2n) is 10.7. The van der Waals surface area contributed by atoms with Gasteiger partial charge in [-0.05, 0) is 93.2 Å². The maximum atomic E-state index is 12.7. The number of benzene rings is 1. The molecule has 2 saturated carbocycles. The first-order chi connectivity index (χ1) is 18.4. The summed E-state index contributed by atoms with van der Waals surface area (Å²) >= 11 is 0. The van der Waals surface area contributed by atoms with Gasteiger partial charge in [0.05, 0.1) is 25.9 Å². The lowest BCUT2D eigenvalue weighted by Gasteiger charge is -2.37. The van der Waals surface area contributed by atoms with Gasteiger partial charge in [0.1, 0.15) is 0 Å². The Bertz CT molecular complexity index is 924. The van der Waals surface area contributed by atoms with Gasteiger partial charge in [-0.2, -0.15) is 0 Å². The van der Waals surface area contributed by atoms with E-state index in [2.05, 4.69) is 13.5 Å². The molecule has 1 aromatic carbocycles. The Morgan fingerprint density at radius 3 is 2.05 bits per heavy atom. The van der Waals surface area contributed by atoms with Crippen LogP contribution >= 0.6 is 0 Å².